The Bertz CT molecular complexity index is 280. The van der Waals surface area contributed by atoms with Crippen LogP contribution in [0.2, 0.25) is 0 Å². The molecule has 0 radical (unpaired) electrons. The summed E-state index contributed by atoms with van der Waals surface area (Å²) in [7, 11) is 0. The standard InChI is InChI=1S/C9H12BrNS/c1-6(2)3-8(11)9-4-7(10)5-12-9/h4-5,8H,1,3,11H2,2H3/t8-/m1/s1. The molecular weight excluding hydrogens is 234 g/mol. The molecule has 0 saturated heterocycles. The Morgan fingerprint density at radius 1 is 1.83 bits per heavy atom. The molecule has 1 atom stereocenters. The van der Waals surface area contributed by atoms with Gasteiger partial charge in [-0.3, -0.25) is 0 Å². The lowest BCUT2D eigenvalue weighted by atomic mass is 10.1. The second-order valence-corrected chi connectivity index (χ2v) is 4.79. The molecule has 0 aliphatic rings. The van der Waals surface area contributed by atoms with Crippen LogP contribution in [0.5, 0.6) is 0 Å². The Hall–Kier alpha value is -0.120. The lowest BCUT2D eigenvalue weighted by molar-refractivity contribution is 0.731. The van der Waals surface area contributed by atoms with Crippen molar-refractivity contribution in [1.29, 1.82) is 0 Å². The van der Waals surface area contributed by atoms with Gasteiger partial charge < -0.3 is 5.73 Å². The Morgan fingerprint density at radius 2 is 2.50 bits per heavy atom. The fourth-order valence-electron chi connectivity index (χ4n) is 0.999. The normalized spacial score (nSPS) is 12.9. The van der Waals surface area contributed by atoms with Gasteiger partial charge in [-0.1, -0.05) is 5.57 Å². The number of halogens is 1. The number of nitrogens with two attached hydrogens (primary N) is 1. The highest BCUT2D eigenvalue weighted by Crippen LogP contribution is 2.27. The molecule has 12 heavy (non-hydrogen) atoms. The highest BCUT2D eigenvalue weighted by Gasteiger charge is 2.07. The van der Waals surface area contributed by atoms with Crippen LogP contribution in [0.4, 0.5) is 0 Å². The Kier molecular flexibility index (Phi) is 3.50. The van der Waals surface area contributed by atoms with Crippen LogP contribution < -0.4 is 5.73 Å². The van der Waals surface area contributed by atoms with Crippen molar-refractivity contribution in [3.8, 4) is 0 Å². The minimum Gasteiger partial charge on any atom is -0.323 e. The van der Waals surface area contributed by atoms with Crippen LogP contribution >= 0.6 is 27.3 Å². The monoisotopic (exact) mass is 245 g/mol. The molecule has 0 unspecified atom stereocenters. The molecule has 0 aliphatic carbocycles. The predicted octanol–water partition coefficient (Wildman–Crippen LogP) is 3.48. The van der Waals surface area contributed by atoms with E-state index in [4.69, 9.17) is 5.73 Å². The van der Waals surface area contributed by atoms with Gasteiger partial charge in [0.2, 0.25) is 0 Å². The summed E-state index contributed by atoms with van der Waals surface area (Å²) >= 11 is 5.09. The van der Waals surface area contributed by atoms with E-state index in [1.165, 1.54) is 4.88 Å². The quantitative estimate of drug-likeness (QED) is 0.812. The summed E-state index contributed by atoms with van der Waals surface area (Å²) < 4.78 is 1.11. The molecule has 1 aromatic heterocycles. The highest BCUT2D eigenvalue weighted by molar-refractivity contribution is 9.10. The number of rotatable bonds is 3. The molecular formula is C9H12BrNS. The van der Waals surface area contributed by atoms with E-state index in [0.717, 1.165) is 16.5 Å². The summed E-state index contributed by atoms with van der Waals surface area (Å²) in [6, 6.07) is 2.18. The third-order valence-electron chi connectivity index (χ3n) is 1.52. The second-order valence-electron chi connectivity index (χ2n) is 2.94. The van der Waals surface area contributed by atoms with Crippen LogP contribution in [0.25, 0.3) is 0 Å². The van der Waals surface area contributed by atoms with Gasteiger partial charge >= 0.3 is 0 Å². The van der Waals surface area contributed by atoms with Gasteiger partial charge in [-0.05, 0) is 35.3 Å². The van der Waals surface area contributed by atoms with Gasteiger partial charge in [0.05, 0.1) is 0 Å². The van der Waals surface area contributed by atoms with E-state index in [2.05, 4.69) is 28.6 Å². The topological polar surface area (TPSA) is 26.0 Å². The van der Waals surface area contributed by atoms with Crippen LogP contribution in [0.15, 0.2) is 28.1 Å². The van der Waals surface area contributed by atoms with E-state index in [9.17, 15) is 0 Å². The Labute approximate surface area is 85.4 Å². The van der Waals surface area contributed by atoms with E-state index in [0.29, 0.717) is 0 Å². The molecule has 0 bridgehead atoms. The molecule has 1 rings (SSSR count). The minimum atomic E-state index is 0.110. The van der Waals surface area contributed by atoms with E-state index in [1.807, 2.05) is 12.3 Å². The fourth-order valence-corrected chi connectivity index (χ4v) is 2.45. The summed E-state index contributed by atoms with van der Waals surface area (Å²) in [4.78, 5) is 1.21. The first-order chi connectivity index (χ1) is 5.59. The zero-order chi connectivity index (χ0) is 9.14. The lowest BCUT2D eigenvalue weighted by Gasteiger charge is -2.07. The SMILES string of the molecule is C=C(C)C[C@@H](N)c1cc(Br)cs1. The van der Waals surface area contributed by atoms with Crippen molar-refractivity contribution in [3.05, 3.63) is 32.9 Å². The maximum absolute atomic E-state index is 5.94. The molecule has 0 aromatic carbocycles. The van der Waals surface area contributed by atoms with Gasteiger partial charge in [-0.15, -0.1) is 17.9 Å². The minimum absolute atomic E-state index is 0.110. The van der Waals surface area contributed by atoms with Crippen molar-refractivity contribution in [1.82, 2.24) is 0 Å². The van der Waals surface area contributed by atoms with Gasteiger partial charge in [0.15, 0.2) is 0 Å². The van der Waals surface area contributed by atoms with E-state index in [-0.39, 0.29) is 6.04 Å². The van der Waals surface area contributed by atoms with Gasteiger partial charge in [0, 0.05) is 20.8 Å². The summed E-state index contributed by atoms with van der Waals surface area (Å²) in [5.74, 6) is 0. The van der Waals surface area contributed by atoms with Gasteiger partial charge in [0.25, 0.3) is 0 Å². The van der Waals surface area contributed by atoms with E-state index < -0.39 is 0 Å². The van der Waals surface area contributed by atoms with Crippen molar-refractivity contribution in [2.45, 2.75) is 19.4 Å². The van der Waals surface area contributed by atoms with Crippen molar-refractivity contribution in [3.63, 3.8) is 0 Å². The zero-order valence-electron chi connectivity index (χ0n) is 7.01. The molecule has 0 saturated carbocycles. The Morgan fingerprint density at radius 3 is 2.92 bits per heavy atom. The van der Waals surface area contributed by atoms with Gasteiger partial charge in [0.1, 0.15) is 0 Å². The first-order valence-electron chi connectivity index (χ1n) is 3.73. The average Bonchev–Trinajstić information content (AvgIpc) is 2.34. The largest absolute Gasteiger partial charge is 0.323 e. The summed E-state index contributed by atoms with van der Waals surface area (Å²) in [6.07, 6.45) is 0.868. The third-order valence-corrected chi connectivity index (χ3v) is 3.35. The number of hydrogen-bond donors (Lipinski definition) is 1. The van der Waals surface area contributed by atoms with Crippen LogP contribution in [-0.4, -0.2) is 0 Å². The third kappa shape index (κ3) is 2.73. The maximum Gasteiger partial charge on any atom is 0.0427 e. The van der Waals surface area contributed by atoms with Crippen molar-refractivity contribution in [2.75, 3.05) is 0 Å². The number of thiophene rings is 1. The van der Waals surface area contributed by atoms with E-state index >= 15 is 0 Å². The molecule has 1 nitrogen and oxygen atoms in total. The average molecular weight is 246 g/mol. The predicted molar refractivity (Wildman–Crippen MR) is 58.4 cm³/mol. The van der Waals surface area contributed by atoms with Crippen molar-refractivity contribution in [2.24, 2.45) is 5.73 Å². The van der Waals surface area contributed by atoms with Gasteiger partial charge in [-0.25, -0.2) is 0 Å². The molecule has 2 N–H and O–H groups in total. The first-order valence-corrected chi connectivity index (χ1v) is 5.40. The highest BCUT2D eigenvalue weighted by atomic mass is 79.9. The molecule has 0 fully saturated rings. The Balaban J connectivity index is 2.64. The molecule has 1 aromatic rings. The van der Waals surface area contributed by atoms with Gasteiger partial charge in [-0.2, -0.15) is 0 Å². The molecule has 0 amide bonds. The number of hydrogen-bond acceptors (Lipinski definition) is 2. The summed E-state index contributed by atoms with van der Waals surface area (Å²) in [5.41, 5.74) is 7.07. The molecule has 0 aliphatic heterocycles. The smallest absolute Gasteiger partial charge is 0.0427 e. The molecule has 0 spiro atoms. The van der Waals surface area contributed by atoms with Crippen LogP contribution in [0, 0.1) is 0 Å². The van der Waals surface area contributed by atoms with Crippen molar-refractivity contribution < 1.29 is 0 Å². The molecule has 3 heteroatoms. The summed E-state index contributed by atoms with van der Waals surface area (Å²) in [5, 5.41) is 2.05. The second kappa shape index (κ2) is 4.21. The van der Waals surface area contributed by atoms with E-state index in [1.54, 1.807) is 11.3 Å². The first kappa shape index (κ1) is 9.96. The zero-order valence-corrected chi connectivity index (χ0v) is 9.41. The van der Waals surface area contributed by atoms with Crippen LogP contribution in [0.1, 0.15) is 24.3 Å². The molecule has 66 valence electrons. The maximum atomic E-state index is 5.94. The fraction of sp³-hybridized carbons (Fsp3) is 0.333. The molecule has 1 heterocycles. The van der Waals surface area contributed by atoms with Crippen molar-refractivity contribution >= 4 is 27.3 Å². The summed E-state index contributed by atoms with van der Waals surface area (Å²) in [6.45, 7) is 5.84. The van der Waals surface area contributed by atoms with Crippen LogP contribution in [0.3, 0.4) is 0 Å². The lowest BCUT2D eigenvalue weighted by Crippen LogP contribution is -2.08. The van der Waals surface area contributed by atoms with Crippen LogP contribution in [-0.2, 0) is 0 Å².